The molecule has 0 aliphatic heterocycles. The zero-order valence-electron chi connectivity index (χ0n) is 16.8. The lowest BCUT2D eigenvalue weighted by molar-refractivity contribution is 0.201. The standard InChI is InChI=1S/C23H26N2O4/c1-3-27-20-11-7-18(8-12-20)16-25(17-22-6-5-15-29-22)23(26)24-19-9-13-21(14-10-19)28-4-2/h5-15H,3-4,16-17H2,1-2H3,(H,24,26). The minimum Gasteiger partial charge on any atom is -0.494 e. The summed E-state index contributed by atoms with van der Waals surface area (Å²) in [4.78, 5) is 14.6. The fourth-order valence-electron chi connectivity index (χ4n) is 2.87. The molecule has 2 amide bonds. The number of carbonyl (C=O) groups excluding carboxylic acids is 1. The number of carbonyl (C=O) groups is 1. The molecule has 0 bridgehead atoms. The van der Waals surface area contributed by atoms with Gasteiger partial charge >= 0.3 is 6.03 Å². The highest BCUT2D eigenvalue weighted by atomic mass is 16.5. The van der Waals surface area contributed by atoms with E-state index in [0.29, 0.717) is 32.0 Å². The Morgan fingerprint density at radius 1 is 0.897 bits per heavy atom. The van der Waals surface area contributed by atoms with Crippen molar-refractivity contribution in [3.63, 3.8) is 0 Å². The molecular formula is C23H26N2O4. The van der Waals surface area contributed by atoms with Gasteiger partial charge < -0.3 is 24.1 Å². The van der Waals surface area contributed by atoms with Gasteiger partial charge in [0.05, 0.1) is 26.0 Å². The molecule has 152 valence electrons. The summed E-state index contributed by atoms with van der Waals surface area (Å²) in [6.07, 6.45) is 1.61. The molecule has 0 aliphatic carbocycles. The fourth-order valence-corrected chi connectivity index (χ4v) is 2.87. The summed E-state index contributed by atoms with van der Waals surface area (Å²) in [7, 11) is 0. The average molecular weight is 394 g/mol. The van der Waals surface area contributed by atoms with Crippen molar-refractivity contribution >= 4 is 11.7 Å². The second-order valence-corrected chi connectivity index (χ2v) is 6.40. The van der Waals surface area contributed by atoms with Crippen molar-refractivity contribution in [1.82, 2.24) is 4.90 Å². The molecule has 0 atom stereocenters. The number of nitrogens with one attached hydrogen (secondary N) is 1. The topological polar surface area (TPSA) is 63.9 Å². The molecule has 0 saturated carbocycles. The van der Waals surface area contributed by atoms with Crippen molar-refractivity contribution in [2.75, 3.05) is 18.5 Å². The molecule has 2 aromatic carbocycles. The second kappa shape index (κ2) is 10.2. The summed E-state index contributed by atoms with van der Waals surface area (Å²) < 4.78 is 16.4. The number of hydrogen-bond acceptors (Lipinski definition) is 4. The second-order valence-electron chi connectivity index (χ2n) is 6.40. The molecule has 0 unspecified atom stereocenters. The number of ether oxygens (including phenoxy) is 2. The van der Waals surface area contributed by atoms with E-state index in [4.69, 9.17) is 13.9 Å². The highest BCUT2D eigenvalue weighted by molar-refractivity contribution is 5.89. The van der Waals surface area contributed by atoms with Crippen LogP contribution in [0, 0.1) is 0 Å². The summed E-state index contributed by atoms with van der Waals surface area (Å²) in [6, 6.07) is 18.5. The van der Waals surface area contributed by atoms with Gasteiger partial charge in [0.2, 0.25) is 0 Å². The molecule has 0 aliphatic rings. The number of furan rings is 1. The number of anilines is 1. The summed E-state index contributed by atoms with van der Waals surface area (Å²) in [6.45, 7) is 5.91. The average Bonchev–Trinajstić information content (AvgIpc) is 3.24. The van der Waals surface area contributed by atoms with Crippen molar-refractivity contribution in [3.05, 3.63) is 78.3 Å². The Hall–Kier alpha value is -3.41. The van der Waals surface area contributed by atoms with E-state index < -0.39 is 0 Å². The van der Waals surface area contributed by atoms with E-state index in [2.05, 4.69) is 5.32 Å². The minimum atomic E-state index is -0.209. The predicted octanol–water partition coefficient (Wildman–Crippen LogP) is 5.31. The summed E-state index contributed by atoms with van der Waals surface area (Å²) in [5, 5.41) is 2.94. The molecule has 3 rings (SSSR count). The van der Waals surface area contributed by atoms with E-state index in [0.717, 1.165) is 22.8 Å². The maximum absolute atomic E-state index is 12.9. The normalized spacial score (nSPS) is 10.4. The van der Waals surface area contributed by atoms with E-state index in [9.17, 15) is 4.79 Å². The molecule has 1 heterocycles. The first-order chi connectivity index (χ1) is 14.2. The Bertz CT molecular complexity index is 874. The first kappa shape index (κ1) is 20.3. The van der Waals surface area contributed by atoms with Gasteiger partial charge in [-0.05, 0) is 67.9 Å². The molecular weight excluding hydrogens is 368 g/mol. The van der Waals surface area contributed by atoms with Crippen LogP contribution in [0.4, 0.5) is 10.5 Å². The van der Waals surface area contributed by atoms with Gasteiger partial charge in [-0.25, -0.2) is 4.79 Å². The molecule has 1 N–H and O–H groups in total. The van der Waals surface area contributed by atoms with Gasteiger partial charge in [-0.1, -0.05) is 12.1 Å². The van der Waals surface area contributed by atoms with Gasteiger partial charge in [-0.3, -0.25) is 0 Å². The molecule has 29 heavy (non-hydrogen) atoms. The predicted molar refractivity (Wildman–Crippen MR) is 112 cm³/mol. The first-order valence-electron chi connectivity index (χ1n) is 9.71. The van der Waals surface area contributed by atoms with E-state index >= 15 is 0 Å². The Kier molecular flexibility index (Phi) is 7.16. The number of amides is 2. The first-order valence-corrected chi connectivity index (χ1v) is 9.71. The van der Waals surface area contributed by atoms with Gasteiger partial charge in [0, 0.05) is 12.2 Å². The van der Waals surface area contributed by atoms with Gasteiger partial charge in [-0.15, -0.1) is 0 Å². The molecule has 0 radical (unpaired) electrons. The summed E-state index contributed by atoms with van der Waals surface area (Å²) >= 11 is 0. The van der Waals surface area contributed by atoms with E-state index in [-0.39, 0.29) is 6.03 Å². The van der Waals surface area contributed by atoms with E-state index in [1.807, 2.05) is 74.5 Å². The van der Waals surface area contributed by atoms with Gasteiger partial charge in [0.25, 0.3) is 0 Å². The maximum atomic E-state index is 12.9. The molecule has 6 heteroatoms. The zero-order chi connectivity index (χ0) is 20.5. The minimum absolute atomic E-state index is 0.209. The van der Waals surface area contributed by atoms with Gasteiger partial charge in [-0.2, -0.15) is 0 Å². The lowest BCUT2D eigenvalue weighted by Crippen LogP contribution is -2.33. The largest absolute Gasteiger partial charge is 0.494 e. The molecule has 0 fully saturated rings. The van der Waals surface area contributed by atoms with E-state index in [1.165, 1.54) is 0 Å². The van der Waals surface area contributed by atoms with Gasteiger partial charge in [0.1, 0.15) is 17.3 Å². The van der Waals surface area contributed by atoms with Crippen molar-refractivity contribution in [3.8, 4) is 11.5 Å². The Morgan fingerprint density at radius 2 is 1.52 bits per heavy atom. The van der Waals surface area contributed by atoms with Crippen LogP contribution >= 0.6 is 0 Å². The molecule has 1 aromatic heterocycles. The Labute approximate surface area is 171 Å². The maximum Gasteiger partial charge on any atom is 0.322 e. The Balaban J connectivity index is 1.70. The van der Waals surface area contributed by atoms with Crippen molar-refractivity contribution < 1.29 is 18.7 Å². The number of hydrogen-bond donors (Lipinski definition) is 1. The Morgan fingerprint density at radius 3 is 2.07 bits per heavy atom. The summed E-state index contributed by atoms with van der Waals surface area (Å²) in [5.74, 6) is 2.30. The van der Waals surface area contributed by atoms with Crippen LogP contribution in [0.2, 0.25) is 0 Å². The van der Waals surface area contributed by atoms with Crippen LogP contribution < -0.4 is 14.8 Å². The third-order valence-corrected chi connectivity index (χ3v) is 4.24. The van der Waals surface area contributed by atoms with Crippen molar-refractivity contribution in [2.45, 2.75) is 26.9 Å². The number of urea groups is 1. The highest BCUT2D eigenvalue weighted by Gasteiger charge is 2.16. The van der Waals surface area contributed by atoms with Gasteiger partial charge in [0.15, 0.2) is 0 Å². The highest BCUT2D eigenvalue weighted by Crippen LogP contribution is 2.19. The quantitative estimate of drug-likeness (QED) is 0.534. The monoisotopic (exact) mass is 394 g/mol. The van der Waals surface area contributed by atoms with Crippen molar-refractivity contribution in [2.24, 2.45) is 0 Å². The number of rotatable bonds is 9. The molecule has 6 nitrogen and oxygen atoms in total. The van der Waals surface area contributed by atoms with Crippen LogP contribution in [-0.4, -0.2) is 24.1 Å². The van der Waals surface area contributed by atoms with Crippen molar-refractivity contribution in [1.29, 1.82) is 0 Å². The number of nitrogens with zero attached hydrogens (tertiary/aromatic N) is 1. The summed E-state index contributed by atoms with van der Waals surface area (Å²) in [5.41, 5.74) is 1.71. The van der Waals surface area contributed by atoms with Crippen LogP contribution in [-0.2, 0) is 13.1 Å². The zero-order valence-corrected chi connectivity index (χ0v) is 16.8. The lowest BCUT2D eigenvalue weighted by atomic mass is 10.2. The third-order valence-electron chi connectivity index (χ3n) is 4.24. The SMILES string of the molecule is CCOc1ccc(CN(Cc2ccco2)C(=O)Nc2ccc(OCC)cc2)cc1. The lowest BCUT2D eigenvalue weighted by Gasteiger charge is -2.22. The van der Waals surface area contributed by atoms with Crippen LogP contribution in [0.3, 0.4) is 0 Å². The van der Waals surface area contributed by atoms with Crippen LogP contribution in [0.25, 0.3) is 0 Å². The number of benzene rings is 2. The van der Waals surface area contributed by atoms with Crippen LogP contribution in [0.1, 0.15) is 25.2 Å². The third kappa shape index (κ3) is 6.04. The smallest absolute Gasteiger partial charge is 0.322 e. The molecule has 3 aromatic rings. The fraction of sp³-hybridized carbons (Fsp3) is 0.261. The molecule has 0 saturated heterocycles. The van der Waals surface area contributed by atoms with E-state index in [1.54, 1.807) is 11.2 Å². The molecule has 0 spiro atoms. The van der Waals surface area contributed by atoms with Crippen LogP contribution in [0.5, 0.6) is 11.5 Å². The van der Waals surface area contributed by atoms with Crippen LogP contribution in [0.15, 0.2) is 71.3 Å².